The zero-order chi connectivity index (χ0) is 24.9. The lowest BCUT2D eigenvalue weighted by molar-refractivity contribution is -0.115. The van der Waals surface area contributed by atoms with Crippen LogP contribution in [-0.4, -0.2) is 23.2 Å². The lowest BCUT2D eigenvalue weighted by Crippen LogP contribution is -2.37. The Morgan fingerprint density at radius 1 is 1.14 bits per heavy atom. The van der Waals surface area contributed by atoms with Gasteiger partial charge in [-0.05, 0) is 73.6 Å². The largest absolute Gasteiger partial charge is 0.423 e. The van der Waals surface area contributed by atoms with Crippen LogP contribution in [0.1, 0.15) is 47.7 Å². The minimum Gasteiger partial charge on any atom is -0.423 e. The minimum atomic E-state index is -0.844. The maximum Gasteiger partial charge on any atom is 0.343 e. The van der Waals surface area contributed by atoms with Gasteiger partial charge >= 0.3 is 5.97 Å². The van der Waals surface area contributed by atoms with Crippen LogP contribution in [0.15, 0.2) is 82.9 Å². The summed E-state index contributed by atoms with van der Waals surface area (Å²) in [6.07, 6.45) is 12.0. The Hall–Kier alpha value is -2.92. The first kappa shape index (κ1) is 25.2. The van der Waals surface area contributed by atoms with Crippen LogP contribution < -0.4 is 10.5 Å². The van der Waals surface area contributed by atoms with Crippen molar-refractivity contribution in [2.75, 3.05) is 0 Å². The van der Waals surface area contributed by atoms with Gasteiger partial charge in [-0.3, -0.25) is 4.79 Å². The summed E-state index contributed by atoms with van der Waals surface area (Å²) in [5, 5.41) is -0.514. The molecule has 35 heavy (non-hydrogen) atoms. The summed E-state index contributed by atoms with van der Waals surface area (Å²) in [7, 11) is 0. The normalized spacial score (nSPS) is 22.3. The second kappa shape index (κ2) is 11.2. The molecule has 0 spiro atoms. The van der Waals surface area contributed by atoms with Gasteiger partial charge in [-0.1, -0.05) is 65.7 Å². The van der Waals surface area contributed by atoms with Gasteiger partial charge in [-0.25, -0.2) is 4.79 Å². The molecule has 0 amide bonds. The molecule has 0 radical (unpaired) electrons. The smallest absolute Gasteiger partial charge is 0.343 e. The van der Waals surface area contributed by atoms with E-state index < -0.39 is 11.3 Å². The zero-order valence-corrected chi connectivity index (χ0v) is 20.9. The Labute approximate surface area is 215 Å². The average Bonchev–Trinajstić information content (AvgIpc) is 3.32. The monoisotopic (exact) mass is 507 g/mol. The average molecular weight is 508 g/mol. The minimum absolute atomic E-state index is 0.170. The number of halogens is 2. The summed E-state index contributed by atoms with van der Waals surface area (Å²) in [6, 6.07) is 14.4. The molecule has 4 nitrogen and oxygen atoms in total. The standard InChI is InChI=1S/C29H27Cl2NO3/c1-2-4-18-5-3-6-22(16-18)29(34)35-23-11-8-19(9-12-23)15-20-7-10-21(17-20)27(32)24-13-14-25(30)26(31)28(24)33/h2-6,8-9,11-16,21,26-27H,7,10,17,32H2,1H3/b4-2+,20-15+. The fourth-order valence-electron chi connectivity index (χ4n) is 4.48. The van der Waals surface area contributed by atoms with Crippen molar-refractivity contribution in [1.82, 2.24) is 0 Å². The molecule has 0 aliphatic heterocycles. The molecular formula is C29H27Cl2NO3. The van der Waals surface area contributed by atoms with Crippen molar-refractivity contribution in [1.29, 1.82) is 0 Å². The molecule has 0 saturated heterocycles. The molecule has 0 heterocycles. The van der Waals surface area contributed by atoms with E-state index in [2.05, 4.69) is 6.08 Å². The Balaban J connectivity index is 1.38. The van der Waals surface area contributed by atoms with Crippen LogP contribution in [0.3, 0.4) is 0 Å². The van der Waals surface area contributed by atoms with E-state index >= 15 is 0 Å². The number of rotatable bonds is 6. The van der Waals surface area contributed by atoms with Crippen LogP contribution in [-0.2, 0) is 4.79 Å². The van der Waals surface area contributed by atoms with E-state index in [-0.39, 0.29) is 17.7 Å². The molecule has 3 atom stereocenters. The van der Waals surface area contributed by atoms with Crippen LogP contribution in [0.5, 0.6) is 5.75 Å². The number of alkyl halides is 1. The third-order valence-corrected chi connectivity index (χ3v) is 7.24. The first-order valence-corrected chi connectivity index (χ1v) is 12.4. The lowest BCUT2D eigenvalue weighted by Gasteiger charge is -2.24. The molecule has 2 N–H and O–H groups in total. The second-order valence-corrected chi connectivity index (χ2v) is 9.69. The maximum atomic E-state index is 12.5. The number of Topliss-reactive ketones (excluding diaryl/α,β-unsaturated/α-hetero) is 1. The summed E-state index contributed by atoms with van der Waals surface area (Å²) < 4.78 is 5.54. The van der Waals surface area contributed by atoms with Crippen molar-refractivity contribution in [2.24, 2.45) is 11.7 Å². The molecule has 0 bridgehead atoms. The van der Waals surface area contributed by atoms with Gasteiger partial charge in [0.25, 0.3) is 0 Å². The summed E-state index contributed by atoms with van der Waals surface area (Å²) in [5.41, 5.74) is 10.7. The van der Waals surface area contributed by atoms with E-state index in [4.69, 9.17) is 33.7 Å². The fourth-order valence-corrected chi connectivity index (χ4v) is 4.84. The van der Waals surface area contributed by atoms with E-state index in [1.54, 1.807) is 36.4 Å². The van der Waals surface area contributed by atoms with Crippen LogP contribution in [0, 0.1) is 5.92 Å². The van der Waals surface area contributed by atoms with Crippen molar-refractivity contribution in [3.8, 4) is 5.75 Å². The highest BCUT2D eigenvalue weighted by Crippen LogP contribution is 2.37. The van der Waals surface area contributed by atoms with Crippen molar-refractivity contribution in [3.05, 3.63) is 99.6 Å². The number of ketones is 1. The highest BCUT2D eigenvalue weighted by atomic mass is 35.5. The highest BCUT2D eigenvalue weighted by Gasteiger charge is 2.34. The first-order chi connectivity index (χ1) is 16.9. The van der Waals surface area contributed by atoms with E-state index in [1.807, 2.05) is 43.3 Å². The van der Waals surface area contributed by atoms with Gasteiger partial charge in [0.2, 0.25) is 0 Å². The summed E-state index contributed by atoms with van der Waals surface area (Å²) in [5.74, 6) is 0.0638. The van der Waals surface area contributed by atoms with Crippen molar-refractivity contribution < 1.29 is 14.3 Å². The maximum absolute atomic E-state index is 12.5. The highest BCUT2D eigenvalue weighted by molar-refractivity contribution is 6.45. The third-order valence-electron chi connectivity index (χ3n) is 6.35. The van der Waals surface area contributed by atoms with E-state index in [9.17, 15) is 9.59 Å². The fraction of sp³-hybridized carbons (Fsp3) is 0.241. The number of nitrogens with two attached hydrogens (primary N) is 1. The topological polar surface area (TPSA) is 69.4 Å². The molecule has 2 aliphatic rings. The van der Waals surface area contributed by atoms with E-state index in [1.165, 1.54) is 5.57 Å². The molecule has 1 saturated carbocycles. The molecule has 3 unspecified atom stereocenters. The number of ether oxygens (including phenoxy) is 1. The number of benzene rings is 2. The molecule has 1 fully saturated rings. The number of hydrogen-bond donors (Lipinski definition) is 1. The molecule has 4 rings (SSSR count). The van der Waals surface area contributed by atoms with Gasteiger partial charge in [-0.2, -0.15) is 0 Å². The van der Waals surface area contributed by atoms with Crippen LogP contribution in [0.4, 0.5) is 0 Å². The van der Waals surface area contributed by atoms with Crippen molar-refractivity contribution in [3.63, 3.8) is 0 Å². The van der Waals surface area contributed by atoms with Crippen molar-refractivity contribution >= 4 is 47.1 Å². The Bertz CT molecular complexity index is 1240. The predicted octanol–water partition coefficient (Wildman–Crippen LogP) is 6.69. The quantitative estimate of drug-likeness (QED) is 0.268. The second-order valence-electron chi connectivity index (χ2n) is 8.82. The molecule has 0 aromatic heterocycles. The van der Waals surface area contributed by atoms with Gasteiger partial charge in [0, 0.05) is 16.6 Å². The number of carbonyl (C=O) groups excluding carboxylic acids is 2. The van der Waals surface area contributed by atoms with E-state index in [0.717, 1.165) is 30.4 Å². The van der Waals surface area contributed by atoms with Crippen LogP contribution >= 0.6 is 23.2 Å². The molecular weight excluding hydrogens is 481 g/mol. The Morgan fingerprint density at radius 2 is 1.91 bits per heavy atom. The van der Waals surface area contributed by atoms with Gasteiger partial charge < -0.3 is 10.5 Å². The van der Waals surface area contributed by atoms with E-state index in [0.29, 0.717) is 21.9 Å². The Kier molecular flexibility index (Phi) is 8.07. The predicted molar refractivity (Wildman–Crippen MR) is 143 cm³/mol. The Morgan fingerprint density at radius 3 is 2.66 bits per heavy atom. The van der Waals surface area contributed by atoms with Crippen LogP contribution in [0.25, 0.3) is 12.2 Å². The molecule has 180 valence electrons. The number of allylic oxidation sites excluding steroid dienone is 5. The lowest BCUT2D eigenvalue weighted by atomic mass is 9.87. The summed E-state index contributed by atoms with van der Waals surface area (Å²) in [6.45, 7) is 1.93. The van der Waals surface area contributed by atoms with Gasteiger partial charge in [-0.15, -0.1) is 11.6 Å². The first-order valence-electron chi connectivity index (χ1n) is 11.6. The van der Waals surface area contributed by atoms with Crippen molar-refractivity contribution in [2.45, 2.75) is 37.6 Å². The van der Waals surface area contributed by atoms with Crippen LogP contribution in [0.2, 0.25) is 0 Å². The molecule has 2 aromatic rings. The van der Waals surface area contributed by atoms with Gasteiger partial charge in [0.05, 0.1) is 5.56 Å². The SMILES string of the molecule is C/C=C/c1cccc(C(=O)Oc2ccc(/C=C3\CCC(C(N)C4=CC=C(Cl)C(Cl)C4=O)C3)cc2)c1. The summed E-state index contributed by atoms with van der Waals surface area (Å²) >= 11 is 12.1. The van der Waals surface area contributed by atoms with Gasteiger partial charge in [0.15, 0.2) is 5.78 Å². The number of hydrogen-bond acceptors (Lipinski definition) is 4. The molecule has 2 aromatic carbocycles. The summed E-state index contributed by atoms with van der Waals surface area (Å²) in [4.78, 5) is 25.0. The number of esters is 1. The van der Waals surface area contributed by atoms with Gasteiger partial charge in [0.1, 0.15) is 11.1 Å². The third kappa shape index (κ3) is 6.02. The number of carbonyl (C=O) groups is 2. The molecule has 6 heteroatoms. The molecule has 2 aliphatic carbocycles. The zero-order valence-electron chi connectivity index (χ0n) is 19.4.